The van der Waals surface area contributed by atoms with Crippen LogP contribution in [0.1, 0.15) is 31.9 Å². The molecule has 128 valence electrons. The highest BCUT2D eigenvalue weighted by Gasteiger charge is 2.28. The molecular formula is C22H22ClNO. The van der Waals surface area contributed by atoms with Gasteiger partial charge in [0.15, 0.2) is 0 Å². The van der Waals surface area contributed by atoms with Gasteiger partial charge in [0.1, 0.15) is 0 Å². The molecule has 3 aromatic rings. The molecule has 0 spiro atoms. The van der Waals surface area contributed by atoms with Crippen molar-refractivity contribution >= 4 is 34.0 Å². The third kappa shape index (κ3) is 3.76. The molecule has 2 aromatic carbocycles. The van der Waals surface area contributed by atoms with Crippen molar-refractivity contribution in [2.45, 2.75) is 26.9 Å². The van der Waals surface area contributed by atoms with Gasteiger partial charge in [-0.2, -0.15) is 0 Å². The summed E-state index contributed by atoms with van der Waals surface area (Å²) in [5.74, 6) is 0. The van der Waals surface area contributed by atoms with Crippen LogP contribution in [0.15, 0.2) is 60.9 Å². The van der Waals surface area contributed by atoms with Crippen molar-refractivity contribution < 1.29 is 5.11 Å². The summed E-state index contributed by atoms with van der Waals surface area (Å²) in [7, 11) is 0. The van der Waals surface area contributed by atoms with Crippen LogP contribution >= 0.6 is 11.6 Å². The van der Waals surface area contributed by atoms with Crippen molar-refractivity contribution in [2.24, 2.45) is 5.41 Å². The summed E-state index contributed by atoms with van der Waals surface area (Å²) in [4.78, 5) is 4.18. The van der Waals surface area contributed by atoms with Gasteiger partial charge in [0.25, 0.3) is 0 Å². The SMILES string of the molecule is CC(C)(C)C(O)/C(=C\c1cccnc1)c1c(Cl)ccc2ccccc12. The summed E-state index contributed by atoms with van der Waals surface area (Å²) in [5, 5.41) is 13.9. The Hall–Kier alpha value is -2.16. The maximum absolute atomic E-state index is 11.1. The Morgan fingerprint density at radius 1 is 1.08 bits per heavy atom. The van der Waals surface area contributed by atoms with Gasteiger partial charge in [-0.25, -0.2) is 0 Å². The number of fused-ring (bicyclic) bond motifs is 1. The number of nitrogens with zero attached hydrogens (tertiary/aromatic N) is 1. The van der Waals surface area contributed by atoms with E-state index in [1.165, 1.54) is 0 Å². The van der Waals surface area contributed by atoms with Crippen LogP contribution in [0.2, 0.25) is 5.02 Å². The van der Waals surface area contributed by atoms with Crippen LogP contribution < -0.4 is 0 Å². The van der Waals surface area contributed by atoms with Gasteiger partial charge in [0, 0.05) is 23.0 Å². The molecule has 1 heterocycles. The van der Waals surface area contributed by atoms with Crippen LogP contribution in [0.3, 0.4) is 0 Å². The highest BCUT2D eigenvalue weighted by Crippen LogP contribution is 2.39. The van der Waals surface area contributed by atoms with Crippen molar-refractivity contribution in [3.63, 3.8) is 0 Å². The number of benzene rings is 2. The van der Waals surface area contributed by atoms with Crippen molar-refractivity contribution in [1.29, 1.82) is 0 Å². The summed E-state index contributed by atoms with van der Waals surface area (Å²) in [6.45, 7) is 6.06. The summed E-state index contributed by atoms with van der Waals surface area (Å²) in [5.41, 5.74) is 2.30. The molecule has 0 bridgehead atoms. The Bertz CT molecular complexity index is 910. The number of halogens is 1. The molecule has 3 heteroatoms. The molecule has 1 unspecified atom stereocenters. The zero-order chi connectivity index (χ0) is 18.0. The summed E-state index contributed by atoms with van der Waals surface area (Å²) in [6.07, 6.45) is 4.84. The van der Waals surface area contributed by atoms with E-state index in [0.29, 0.717) is 5.02 Å². The van der Waals surface area contributed by atoms with Crippen molar-refractivity contribution in [2.75, 3.05) is 0 Å². The van der Waals surface area contributed by atoms with E-state index in [9.17, 15) is 5.11 Å². The monoisotopic (exact) mass is 351 g/mol. The molecule has 0 aliphatic heterocycles. The molecule has 0 saturated carbocycles. The highest BCUT2D eigenvalue weighted by molar-refractivity contribution is 6.34. The molecule has 0 aliphatic rings. The zero-order valence-corrected chi connectivity index (χ0v) is 15.5. The predicted octanol–water partition coefficient (Wildman–Crippen LogP) is 5.84. The smallest absolute Gasteiger partial charge is 0.0845 e. The van der Waals surface area contributed by atoms with Crippen LogP contribution in [0.4, 0.5) is 0 Å². The minimum Gasteiger partial charge on any atom is -0.388 e. The van der Waals surface area contributed by atoms with Crippen molar-refractivity contribution in [3.05, 3.63) is 77.1 Å². The number of pyridine rings is 1. The quantitative estimate of drug-likeness (QED) is 0.643. The minimum atomic E-state index is -0.670. The number of rotatable bonds is 3. The molecule has 2 nitrogen and oxygen atoms in total. The van der Waals surface area contributed by atoms with E-state index in [1.807, 2.05) is 69.3 Å². The average Bonchev–Trinajstić information content (AvgIpc) is 2.60. The van der Waals surface area contributed by atoms with Crippen LogP contribution in [-0.2, 0) is 0 Å². The second-order valence-corrected chi connectivity index (χ2v) is 7.71. The van der Waals surface area contributed by atoms with E-state index in [1.54, 1.807) is 12.4 Å². The molecule has 0 aliphatic carbocycles. The molecule has 1 atom stereocenters. The van der Waals surface area contributed by atoms with E-state index in [2.05, 4.69) is 11.1 Å². The van der Waals surface area contributed by atoms with Gasteiger partial charge >= 0.3 is 0 Å². The minimum absolute atomic E-state index is 0.325. The Balaban J connectivity index is 2.30. The van der Waals surface area contributed by atoms with Crippen molar-refractivity contribution in [3.8, 4) is 0 Å². The summed E-state index contributed by atoms with van der Waals surface area (Å²) in [6, 6.07) is 15.9. The largest absolute Gasteiger partial charge is 0.388 e. The van der Waals surface area contributed by atoms with Gasteiger partial charge in [-0.3, -0.25) is 4.98 Å². The van der Waals surface area contributed by atoms with E-state index in [0.717, 1.165) is 27.5 Å². The highest BCUT2D eigenvalue weighted by atomic mass is 35.5. The summed E-state index contributed by atoms with van der Waals surface area (Å²) >= 11 is 6.59. The fourth-order valence-electron chi connectivity index (χ4n) is 2.93. The van der Waals surface area contributed by atoms with E-state index < -0.39 is 6.10 Å². The molecule has 0 saturated heterocycles. The van der Waals surface area contributed by atoms with Crippen molar-refractivity contribution in [1.82, 2.24) is 4.98 Å². The lowest BCUT2D eigenvalue weighted by Crippen LogP contribution is -2.27. The number of hydrogen-bond acceptors (Lipinski definition) is 2. The normalized spacial score (nSPS) is 13.9. The van der Waals surface area contributed by atoms with Crippen LogP contribution in [0.25, 0.3) is 22.4 Å². The number of hydrogen-bond donors (Lipinski definition) is 1. The Morgan fingerprint density at radius 3 is 2.52 bits per heavy atom. The topological polar surface area (TPSA) is 33.1 Å². The maximum Gasteiger partial charge on any atom is 0.0845 e. The lowest BCUT2D eigenvalue weighted by molar-refractivity contribution is 0.115. The van der Waals surface area contributed by atoms with Gasteiger partial charge in [0.05, 0.1) is 6.10 Å². The van der Waals surface area contributed by atoms with Crippen LogP contribution in [0.5, 0.6) is 0 Å². The first kappa shape index (κ1) is 17.7. The first-order valence-electron chi connectivity index (χ1n) is 8.35. The Morgan fingerprint density at radius 2 is 1.84 bits per heavy atom. The number of aliphatic hydroxyl groups excluding tert-OH is 1. The third-order valence-electron chi connectivity index (χ3n) is 4.29. The molecule has 1 N–H and O–H groups in total. The lowest BCUT2D eigenvalue weighted by Gasteiger charge is -2.29. The predicted molar refractivity (Wildman–Crippen MR) is 107 cm³/mol. The lowest BCUT2D eigenvalue weighted by atomic mass is 9.80. The van der Waals surface area contributed by atoms with Gasteiger partial charge in [0.2, 0.25) is 0 Å². The van der Waals surface area contributed by atoms with Crippen LogP contribution in [-0.4, -0.2) is 16.2 Å². The second-order valence-electron chi connectivity index (χ2n) is 7.30. The van der Waals surface area contributed by atoms with Gasteiger partial charge in [-0.1, -0.05) is 68.8 Å². The molecule has 0 radical (unpaired) electrons. The summed E-state index contributed by atoms with van der Waals surface area (Å²) < 4.78 is 0. The Labute approximate surface area is 153 Å². The average molecular weight is 352 g/mol. The van der Waals surface area contributed by atoms with E-state index in [-0.39, 0.29) is 5.41 Å². The molecule has 0 fully saturated rings. The first-order chi connectivity index (χ1) is 11.9. The van der Waals surface area contributed by atoms with E-state index in [4.69, 9.17) is 11.6 Å². The van der Waals surface area contributed by atoms with E-state index >= 15 is 0 Å². The molecule has 3 rings (SSSR count). The zero-order valence-electron chi connectivity index (χ0n) is 14.7. The number of aliphatic hydroxyl groups is 1. The van der Waals surface area contributed by atoms with Gasteiger partial charge in [-0.05, 0) is 45.5 Å². The second kappa shape index (κ2) is 6.99. The van der Waals surface area contributed by atoms with Crippen LogP contribution in [0, 0.1) is 5.41 Å². The third-order valence-corrected chi connectivity index (χ3v) is 4.60. The molecular weight excluding hydrogens is 330 g/mol. The maximum atomic E-state index is 11.1. The molecule has 25 heavy (non-hydrogen) atoms. The number of aromatic nitrogens is 1. The molecule has 1 aromatic heterocycles. The fourth-order valence-corrected chi connectivity index (χ4v) is 3.21. The molecule has 0 amide bonds. The standard InChI is InChI=1S/C22H22ClNO/c1-22(2,3)21(25)18(13-15-7-6-12-24-14-15)20-17-9-5-4-8-16(17)10-11-19(20)23/h4-14,21,25H,1-3H3/b18-13-. The fraction of sp³-hybridized carbons (Fsp3) is 0.227. The van der Waals surface area contributed by atoms with Gasteiger partial charge in [-0.15, -0.1) is 0 Å². The Kier molecular flexibility index (Phi) is 4.94. The van der Waals surface area contributed by atoms with Gasteiger partial charge < -0.3 is 5.11 Å². The first-order valence-corrected chi connectivity index (χ1v) is 8.73.